The molecule has 9 heteroatoms. The topological polar surface area (TPSA) is 107 Å². The van der Waals surface area contributed by atoms with Crippen LogP contribution < -0.4 is 10.7 Å². The van der Waals surface area contributed by atoms with Crippen LogP contribution in [-0.4, -0.2) is 20.6 Å². The molecule has 1 amide bonds. The van der Waals surface area contributed by atoms with Gasteiger partial charge in [0.15, 0.2) is 5.69 Å². The Hall–Kier alpha value is -3.08. The van der Waals surface area contributed by atoms with Gasteiger partial charge in [-0.1, -0.05) is 12.1 Å². The van der Waals surface area contributed by atoms with E-state index in [1.54, 1.807) is 25.1 Å². The van der Waals surface area contributed by atoms with Gasteiger partial charge in [0.1, 0.15) is 5.69 Å². The number of amides is 1. The van der Waals surface area contributed by atoms with E-state index in [1.165, 1.54) is 28.9 Å². The molecular weight excluding hydrogens is 463 g/mol. The molecule has 1 N–H and O–H groups in total. The van der Waals surface area contributed by atoms with Crippen molar-refractivity contribution in [1.29, 1.82) is 0 Å². The summed E-state index contributed by atoms with van der Waals surface area (Å²) in [6.07, 6.45) is 0. The molecule has 0 unspecified atom stereocenters. The van der Waals surface area contributed by atoms with E-state index in [1.807, 2.05) is 12.1 Å². The summed E-state index contributed by atoms with van der Waals surface area (Å²) in [4.78, 5) is 35.5. The molecule has 0 aliphatic rings. The fraction of sp³-hybridized carbons (Fsp3) is 0.0556. The summed E-state index contributed by atoms with van der Waals surface area (Å²) in [7, 11) is 0. The number of hydrogen-bond donors (Lipinski definition) is 1. The van der Waals surface area contributed by atoms with Crippen LogP contribution in [0.15, 0.2) is 59.4 Å². The molecule has 3 rings (SSSR count). The van der Waals surface area contributed by atoms with E-state index >= 15 is 0 Å². The maximum Gasteiger partial charge on any atom is 0.294 e. The Morgan fingerprint density at radius 3 is 2.52 bits per heavy atom. The van der Waals surface area contributed by atoms with Crippen LogP contribution in [0.3, 0.4) is 0 Å². The number of para-hydroxylation sites is 2. The lowest BCUT2D eigenvalue weighted by Crippen LogP contribution is -2.27. The van der Waals surface area contributed by atoms with Gasteiger partial charge in [0.25, 0.3) is 11.6 Å². The smallest absolute Gasteiger partial charge is 0.294 e. The standard InChI is InChI=1S/C18H13IN4O4/c1-11-10-16(24)17(18(25)20-13-8-6-12(19)7-9-13)21-22(11)14-4-2-3-5-15(14)23(26)27/h2-10H,1H3,(H,20,25). The minimum absolute atomic E-state index is 0.170. The number of aryl methyl sites for hydroxylation is 1. The van der Waals surface area contributed by atoms with E-state index in [0.717, 1.165) is 3.57 Å². The second-order valence-corrected chi connectivity index (χ2v) is 6.86. The first kappa shape index (κ1) is 18.7. The zero-order chi connectivity index (χ0) is 19.6. The third-order valence-electron chi connectivity index (χ3n) is 3.73. The van der Waals surface area contributed by atoms with Gasteiger partial charge in [-0.2, -0.15) is 5.10 Å². The van der Waals surface area contributed by atoms with Gasteiger partial charge in [-0.15, -0.1) is 0 Å². The highest BCUT2D eigenvalue weighted by Crippen LogP contribution is 2.22. The molecule has 0 aliphatic carbocycles. The highest BCUT2D eigenvalue weighted by atomic mass is 127. The van der Waals surface area contributed by atoms with Crippen LogP contribution in [0, 0.1) is 20.6 Å². The molecule has 136 valence electrons. The highest BCUT2D eigenvalue weighted by molar-refractivity contribution is 14.1. The molecular formula is C18H13IN4O4. The number of nitro groups is 1. The Bertz CT molecular complexity index is 1090. The van der Waals surface area contributed by atoms with E-state index in [9.17, 15) is 19.7 Å². The first-order valence-corrected chi connectivity index (χ1v) is 8.86. The van der Waals surface area contributed by atoms with E-state index in [-0.39, 0.29) is 17.1 Å². The molecule has 2 aromatic carbocycles. The number of nitro benzene ring substituents is 1. The van der Waals surface area contributed by atoms with Crippen molar-refractivity contribution >= 4 is 39.9 Å². The normalized spacial score (nSPS) is 10.4. The van der Waals surface area contributed by atoms with Crippen molar-refractivity contribution in [2.75, 3.05) is 5.32 Å². The van der Waals surface area contributed by atoms with Crippen LogP contribution >= 0.6 is 22.6 Å². The van der Waals surface area contributed by atoms with Crippen LogP contribution in [0.5, 0.6) is 0 Å². The number of hydrogen-bond acceptors (Lipinski definition) is 5. The van der Waals surface area contributed by atoms with Crippen LogP contribution in [0.4, 0.5) is 11.4 Å². The zero-order valence-electron chi connectivity index (χ0n) is 14.0. The van der Waals surface area contributed by atoms with Crippen molar-refractivity contribution in [2.24, 2.45) is 0 Å². The second kappa shape index (κ2) is 7.66. The first-order chi connectivity index (χ1) is 12.9. The average Bonchev–Trinajstić information content (AvgIpc) is 2.63. The monoisotopic (exact) mass is 476 g/mol. The molecule has 3 aromatic rings. The van der Waals surface area contributed by atoms with Gasteiger partial charge in [-0.25, -0.2) is 4.68 Å². The average molecular weight is 476 g/mol. The Morgan fingerprint density at radius 1 is 1.19 bits per heavy atom. The van der Waals surface area contributed by atoms with Crippen LogP contribution in [0.2, 0.25) is 0 Å². The molecule has 0 aliphatic heterocycles. The van der Waals surface area contributed by atoms with Gasteiger partial charge < -0.3 is 5.32 Å². The van der Waals surface area contributed by atoms with Crippen molar-refractivity contribution in [3.05, 3.63) is 89.9 Å². The predicted molar refractivity (Wildman–Crippen MR) is 108 cm³/mol. The fourth-order valence-corrected chi connectivity index (χ4v) is 2.83. The maximum atomic E-state index is 12.5. The van der Waals surface area contributed by atoms with E-state index in [4.69, 9.17) is 0 Å². The Kier molecular flexibility index (Phi) is 5.31. The molecule has 27 heavy (non-hydrogen) atoms. The maximum absolute atomic E-state index is 12.5. The zero-order valence-corrected chi connectivity index (χ0v) is 16.2. The number of nitrogens with zero attached hydrogens (tertiary/aromatic N) is 3. The van der Waals surface area contributed by atoms with Crippen molar-refractivity contribution in [1.82, 2.24) is 9.78 Å². The summed E-state index contributed by atoms with van der Waals surface area (Å²) in [6, 6.07) is 14.2. The minimum Gasteiger partial charge on any atom is -0.320 e. The molecule has 0 bridgehead atoms. The number of rotatable bonds is 4. The van der Waals surface area contributed by atoms with Crippen molar-refractivity contribution in [2.45, 2.75) is 6.92 Å². The van der Waals surface area contributed by atoms with Crippen molar-refractivity contribution < 1.29 is 9.72 Å². The Morgan fingerprint density at radius 2 is 1.85 bits per heavy atom. The third-order valence-corrected chi connectivity index (χ3v) is 4.45. The molecule has 0 saturated heterocycles. The van der Waals surface area contributed by atoms with Crippen LogP contribution in [0.25, 0.3) is 5.69 Å². The molecule has 0 atom stereocenters. The molecule has 0 saturated carbocycles. The van der Waals surface area contributed by atoms with E-state index in [0.29, 0.717) is 11.4 Å². The van der Waals surface area contributed by atoms with Gasteiger partial charge in [0.05, 0.1) is 4.92 Å². The quantitative estimate of drug-likeness (QED) is 0.353. The van der Waals surface area contributed by atoms with Crippen LogP contribution in [-0.2, 0) is 0 Å². The highest BCUT2D eigenvalue weighted by Gasteiger charge is 2.20. The van der Waals surface area contributed by atoms with Gasteiger partial charge >= 0.3 is 0 Å². The Balaban J connectivity index is 2.05. The molecule has 8 nitrogen and oxygen atoms in total. The lowest BCUT2D eigenvalue weighted by molar-refractivity contribution is -0.384. The van der Waals surface area contributed by atoms with Gasteiger partial charge in [0, 0.05) is 27.1 Å². The van der Waals surface area contributed by atoms with Crippen molar-refractivity contribution in [3.8, 4) is 5.69 Å². The lowest BCUT2D eigenvalue weighted by atomic mass is 10.2. The van der Waals surface area contributed by atoms with Gasteiger partial charge in [0.2, 0.25) is 5.43 Å². The number of nitrogens with one attached hydrogen (secondary N) is 1. The summed E-state index contributed by atoms with van der Waals surface area (Å²) < 4.78 is 2.22. The third kappa shape index (κ3) is 4.03. The second-order valence-electron chi connectivity index (χ2n) is 5.62. The number of halogens is 1. The van der Waals surface area contributed by atoms with Gasteiger partial charge in [-0.3, -0.25) is 19.7 Å². The first-order valence-electron chi connectivity index (χ1n) is 7.78. The predicted octanol–water partition coefficient (Wildman–Crippen LogP) is 3.31. The number of anilines is 1. The molecule has 0 fully saturated rings. The SMILES string of the molecule is Cc1cc(=O)c(C(=O)Nc2ccc(I)cc2)nn1-c1ccccc1[N+](=O)[O-]. The Labute approximate surface area is 167 Å². The molecule has 0 radical (unpaired) electrons. The summed E-state index contributed by atoms with van der Waals surface area (Å²) >= 11 is 2.14. The minimum atomic E-state index is -0.687. The summed E-state index contributed by atoms with van der Waals surface area (Å²) in [5.74, 6) is -0.687. The van der Waals surface area contributed by atoms with Crippen LogP contribution in [0.1, 0.15) is 16.2 Å². The number of carbonyl (C=O) groups excluding carboxylic acids is 1. The summed E-state index contributed by atoms with van der Waals surface area (Å²) in [5.41, 5.74) is -0.0359. The van der Waals surface area contributed by atoms with E-state index in [2.05, 4.69) is 33.0 Å². The number of aromatic nitrogens is 2. The summed E-state index contributed by atoms with van der Waals surface area (Å²) in [5, 5.41) is 18.0. The molecule has 1 aromatic heterocycles. The molecule has 0 spiro atoms. The lowest BCUT2D eigenvalue weighted by Gasteiger charge is -2.11. The molecule has 1 heterocycles. The largest absolute Gasteiger partial charge is 0.320 e. The number of carbonyl (C=O) groups is 1. The van der Waals surface area contributed by atoms with E-state index < -0.39 is 16.3 Å². The number of benzene rings is 2. The summed E-state index contributed by atoms with van der Waals surface area (Å²) in [6.45, 7) is 1.59. The van der Waals surface area contributed by atoms with Crippen molar-refractivity contribution in [3.63, 3.8) is 0 Å². The fourth-order valence-electron chi connectivity index (χ4n) is 2.47. The van der Waals surface area contributed by atoms with Gasteiger partial charge in [-0.05, 0) is 59.8 Å².